The summed E-state index contributed by atoms with van der Waals surface area (Å²) in [6, 6.07) is 0. The van der Waals surface area contributed by atoms with Crippen molar-refractivity contribution in [1.29, 1.82) is 0 Å². The molecule has 0 aromatic rings. The van der Waals surface area contributed by atoms with Crippen LogP contribution in [0.15, 0.2) is 0 Å². The Balaban J connectivity index is 1.21. The van der Waals surface area contributed by atoms with E-state index >= 15 is 0 Å². The third-order valence-electron chi connectivity index (χ3n) is 14.3. The maximum absolute atomic E-state index is 1.71. The van der Waals surface area contributed by atoms with E-state index in [0.29, 0.717) is 0 Å². The summed E-state index contributed by atoms with van der Waals surface area (Å²) in [7, 11) is 0. The molecular formula is C32H50. The van der Waals surface area contributed by atoms with Gasteiger partial charge >= 0.3 is 0 Å². The van der Waals surface area contributed by atoms with E-state index in [1.54, 1.807) is 116 Å². The molecule has 178 valence electrons. The van der Waals surface area contributed by atoms with Crippen LogP contribution in [0, 0.1) is 82.9 Å². The highest BCUT2D eigenvalue weighted by Crippen LogP contribution is 2.70. The lowest BCUT2D eigenvalue weighted by atomic mass is 9.37. The molecule has 14 atom stereocenters. The summed E-state index contributed by atoms with van der Waals surface area (Å²) >= 11 is 0. The van der Waals surface area contributed by atoms with Crippen LogP contribution in [0.25, 0.3) is 0 Å². The van der Waals surface area contributed by atoms with Gasteiger partial charge in [-0.05, 0) is 147 Å². The SMILES string of the molecule is C1CCC2C(C1)CCC1C3CCCCC3C3CC4CCC5CCCC6CCC(C4C56)C3C21. The van der Waals surface area contributed by atoms with E-state index in [4.69, 9.17) is 0 Å². The van der Waals surface area contributed by atoms with E-state index in [9.17, 15) is 0 Å². The Morgan fingerprint density at radius 2 is 0.812 bits per heavy atom. The molecule has 0 bridgehead atoms. The molecule has 32 heavy (non-hydrogen) atoms. The second kappa shape index (κ2) is 7.75. The minimum Gasteiger partial charge on any atom is -0.0530 e. The van der Waals surface area contributed by atoms with Gasteiger partial charge in [-0.2, -0.15) is 0 Å². The fraction of sp³-hybridized carbons (Fsp3) is 1.00. The maximum Gasteiger partial charge on any atom is -0.0318 e. The average molecular weight is 435 g/mol. The smallest absolute Gasteiger partial charge is 0.0318 e. The molecule has 8 aliphatic rings. The first-order valence-corrected chi connectivity index (χ1v) is 15.9. The van der Waals surface area contributed by atoms with Crippen LogP contribution >= 0.6 is 0 Å². The molecule has 14 unspecified atom stereocenters. The summed E-state index contributed by atoms with van der Waals surface area (Å²) < 4.78 is 0. The molecule has 0 radical (unpaired) electrons. The maximum atomic E-state index is 1.71. The zero-order valence-corrected chi connectivity index (χ0v) is 20.8. The lowest BCUT2D eigenvalue weighted by molar-refractivity contribution is -0.198. The van der Waals surface area contributed by atoms with E-state index in [1.165, 1.54) is 41.4 Å². The van der Waals surface area contributed by atoms with Crippen LogP contribution < -0.4 is 0 Å². The second-order valence-corrected chi connectivity index (χ2v) is 14.8. The Morgan fingerprint density at radius 3 is 1.66 bits per heavy atom. The van der Waals surface area contributed by atoms with Gasteiger partial charge in [0.15, 0.2) is 0 Å². The highest BCUT2D eigenvalue weighted by atomic mass is 14.7. The third-order valence-corrected chi connectivity index (χ3v) is 14.3. The minimum absolute atomic E-state index is 1.15. The van der Waals surface area contributed by atoms with Gasteiger partial charge in [0, 0.05) is 0 Å². The molecule has 0 N–H and O–H groups in total. The van der Waals surface area contributed by atoms with Gasteiger partial charge in [-0.1, -0.05) is 51.4 Å². The van der Waals surface area contributed by atoms with Crippen LogP contribution in [0.3, 0.4) is 0 Å². The second-order valence-electron chi connectivity index (χ2n) is 14.8. The van der Waals surface area contributed by atoms with Gasteiger partial charge in [0.05, 0.1) is 0 Å². The Kier molecular flexibility index (Phi) is 4.90. The Hall–Kier alpha value is 0. The van der Waals surface area contributed by atoms with Crippen LogP contribution in [0.5, 0.6) is 0 Å². The first-order chi connectivity index (χ1) is 15.9. The van der Waals surface area contributed by atoms with Crippen molar-refractivity contribution in [3.8, 4) is 0 Å². The zero-order valence-electron chi connectivity index (χ0n) is 20.8. The van der Waals surface area contributed by atoms with Gasteiger partial charge in [0.25, 0.3) is 0 Å². The summed E-state index contributed by atoms with van der Waals surface area (Å²) in [6.45, 7) is 0. The lowest BCUT2D eigenvalue weighted by Crippen LogP contribution is -2.62. The van der Waals surface area contributed by atoms with Crippen molar-refractivity contribution in [2.75, 3.05) is 0 Å². The Labute approximate surface area is 198 Å². The van der Waals surface area contributed by atoms with Crippen molar-refractivity contribution in [3.63, 3.8) is 0 Å². The van der Waals surface area contributed by atoms with Gasteiger partial charge in [0.1, 0.15) is 0 Å². The summed E-state index contributed by atoms with van der Waals surface area (Å²) in [5.41, 5.74) is 0. The van der Waals surface area contributed by atoms with Crippen molar-refractivity contribution in [1.82, 2.24) is 0 Å². The monoisotopic (exact) mass is 434 g/mol. The molecule has 0 heteroatoms. The molecule has 0 nitrogen and oxygen atoms in total. The molecule has 8 fully saturated rings. The molecule has 0 spiro atoms. The Bertz CT molecular complexity index is 701. The highest BCUT2D eigenvalue weighted by Gasteiger charge is 2.63. The van der Waals surface area contributed by atoms with Crippen LogP contribution in [0.1, 0.15) is 116 Å². The minimum atomic E-state index is 1.15. The lowest BCUT2D eigenvalue weighted by Gasteiger charge is -2.68. The van der Waals surface area contributed by atoms with Gasteiger partial charge in [-0.15, -0.1) is 0 Å². The molecule has 8 aliphatic carbocycles. The summed E-state index contributed by atoms with van der Waals surface area (Å²) in [4.78, 5) is 0. The fourth-order valence-electron chi connectivity index (χ4n) is 13.8. The van der Waals surface area contributed by atoms with Crippen LogP contribution in [-0.2, 0) is 0 Å². The molecule has 0 heterocycles. The van der Waals surface area contributed by atoms with Crippen molar-refractivity contribution >= 4 is 0 Å². The number of rotatable bonds is 0. The van der Waals surface area contributed by atoms with Crippen molar-refractivity contribution in [2.45, 2.75) is 116 Å². The van der Waals surface area contributed by atoms with Gasteiger partial charge in [0.2, 0.25) is 0 Å². The molecule has 0 saturated heterocycles. The number of hydrogen-bond acceptors (Lipinski definition) is 0. The van der Waals surface area contributed by atoms with Crippen LogP contribution in [-0.4, -0.2) is 0 Å². The molecule has 8 saturated carbocycles. The molecule has 0 aromatic carbocycles. The van der Waals surface area contributed by atoms with Gasteiger partial charge < -0.3 is 0 Å². The average Bonchev–Trinajstić information content (AvgIpc) is 2.86. The quantitative estimate of drug-likeness (QED) is 0.357. The third kappa shape index (κ3) is 2.80. The fourth-order valence-corrected chi connectivity index (χ4v) is 13.8. The first kappa shape index (κ1) is 20.2. The molecule has 0 aromatic heterocycles. The van der Waals surface area contributed by atoms with E-state index in [-0.39, 0.29) is 0 Å². The molecule has 8 rings (SSSR count). The zero-order chi connectivity index (χ0) is 20.8. The Morgan fingerprint density at radius 1 is 0.250 bits per heavy atom. The largest absolute Gasteiger partial charge is 0.0530 e. The van der Waals surface area contributed by atoms with Gasteiger partial charge in [-0.25, -0.2) is 0 Å². The van der Waals surface area contributed by atoms with Crippen molar-refractivity contribution < 1.29 is 0 Å². The van der Waals surface area contributed by atoms with Crippen LogP contribution in [0.2, 0.25) is 0 Å². The van der Waals surface area contributed by atoms with Crippen LogP contribution in [0.4, 0.5) is 0 Å². The topological polar surface area (TPSA) is 0 Å². The summed E-state index contributed by atoms with van der Waals surface area (Å²) in [5, 5.41) is 0. The predicted octanol–water partition coefficient (Wildman–Crippen LogP) is 8.74. The predicted molar refractivity (Wildman–Crippen MR) is 132 cm³/mol. The van der Waals surface area contributed by atoms with Gasteiger partial charge in [-0.3, -0.25) is 0 Å². The molecule has 0 aliphatic heterocycles. The summed E-state index contributed by atoms with van der Waals surface area (Å²) in [5.74, 6) is 16.4. The first-order valence-electron chi connectivity index (χ1n) is 15.9. The van der Waals surface area contributed by atoms with Crippen molar-refractivity contribution in [2.24, 2.45) is 82.9 Å². The van der Waals surface area contributed by atoms with Crippen molar-refractivity contribution in [3.05, 3.63) is 0 Å². The van der Waals surface area contributed by atoms with E-state index < -0.39 is 0 Å². The molecule has 0 amide bonds. The highest BCUT2D eigenvalue weighted by molar-refractivity contribution is 5.12. The summed E-state index contributed by atoms with van der Waals surface area (Å²) in [6.07, 6.45) is 29.3. The normalized spacial score (nSPS) is 60.8. The van der Waals surface area contributed by atoms with E-state index in [1.807, 2.05) is 0 Å². The number of hydrogen-bond donors (Lipinski definition) is 0. The molecular weight excluding hydrogens is 384 g/mol. The standard InChI is InChI=1S/C32H50/c1-2-9-23-19(6-1)14-16-26-24-10-3-4-11-25(24)28-18-22-13-12-20-7-5-8-21-15-17-27(30(22)29(20)21)32(28)31(23)26/h19-32H,1-18H2. The van der Waals surface area contributed by atoms with E-state index in [0.717, 1.165) is 41.4 Å². The number of fused-ring (bicyclic) bond motifs is 9. The van der Waals surface area contributed by atoms with E-state index in [2.05, 4.69) is 0 Å².